The van der Waals surface area contributed by atoms with Crippen molar-refractivity contribution in [1.29, 1.82) is 0 Å². The van der Waals surface area contributed by atoms with Crippen molar-refractivity contribution >= 4 is 66.3 Å². The van der Waals surface area contributed by atoms with E-state index in [0.717, 1.165) is 0 Å². The predicted octanol–water partition coefficient (Wildman–Crippen LogP) is 2.28. The third-order valence-corrected chi connectivity index (χ3v) is 15.0. The SMILES string of the molecule is CCO[P@@]1(=O)OC[C@@]23C[C@@H]2[C@@H](n2cnc4c(N)ncnc42)[C@H](O)[C@@H]3O[P@](=O)(SCOC(=O)OC(C)C)OC[C@H]2O[C@@H](n3cnc4c(=O)[nH]c(N)nc43)[C@H](O1)[C@@H]2OC. The van der Waals surface area contributed by atoms with Crippen molar-refractivity contribution in [2.45, 2.75) is 76.1 Å². The number of aliphatic hydroxyl groups excluding tert-OH is 1. The number of H-pyrrole nitrogens is 1. The number of carbonyl (C=O) groups excluding carboxylic acids is 1. The second-order valence-electron chi connectivity index (χ2n) is 13.9. The predicted molar refractivity (Wildman–Crippen MR) is 196 cm³/mol. The van der Waals surface area contributed by atoms with Crippen molar-refractivity contribution in [3.63, 3.8) is 0 Å². The van der Waals surface area contributed by atoms with Gasteiger partial charge < -0.3 is 40.1 Å². The fraction of sp³-hybridized carbons (Fsp3) is 0.633. The highest BCUT2D eigenvalue weighted by atomic mass is 32.7. The number of carbonyl (C=O) groups is 1. The molecule has 4 fully saturated rings. The number of aromatic nitrogens is 8. The summed E-state index contributed by atoms with van der Waals surface area (Å²) in [6.07, 6.45) is -4.78. The zero-order valence-corrected chi connectivity index (χ0v) is 33.4. The maximum atomic E-state index is 14.9. The Balaban J connectivity index is 1.19. The molecule has 2 saturated carbocycles. The maximum absolute atomic E-state index is 14.9. The fourth-order valence-corrected chi connectivity index (χ4v) is 12.0. The maximum Gasteiger partial charge on any atom is 0.509 e. The van der Waals surface area contributed by atoms with Crippen molar-refractivity contribution in [3.8, 4) is 0 Å². The molecule has 0 unspecified atom stereocenters. The lowest BCUT2D eigenvalue weighted by molar-refractivity contribution is -0.0612. The summed E-state index contributed by atoms with van der Waals surface area (Å²) < 4.78 is 85.4. The number of aromatic amines is 1. The molecule has 24 nitrogen and oxygen atoms in total. The van der Waals surface area contributed by atoms with Crippen LogP contribution in [0.5, 0.6) is 0 Å². The summed E-state index contributed by atoms with van der Waals surface area (Å²) >= 11 is 0.524. The van der Waals surface area contributed by atoms with Gasteiger partial charge >= 0.3 is 20.8 Å². The van der Waals surface area contributed by atoms with Crippen molar-refractivity contribution in [1.82, 2.24) is 39.0 Å². The van der Waals surface area contributed by atoms with Crippen molar-refractivity contribution in [2.24, 2.45) is 11.3 Å². The highest BCUT2D eigenvalue weighted by molar-refractivity contribution is 8.55. The highest BCUT2D eigenvalue weighted by Crippen LogP contribution is 2.74. The van der Waals surface area contributed by atoms with Crippen molar-refractivity contribution in [3.05, 3.63) is 29.3 Å². The average Bonchev–Trinajstić information content (AvgIpc) is 3.44. The second-order valence-corrected chi connectivity index (χ2v) is 19.5. The molecule has 310 valence electrons. The molecule has 0 aromatic carbocycles. The zero-order valence-electron chi connectivity index (χ0n) is 30.8. The average molecular weight is 859 g/mol. The minimum atomic E-state index is -4.56. The summed E-state index contributed by atoms with van der Waals surface area (Å²) in [5, 5.41) is 12.1. The van der Waals surface area contributed by atoms with Crippen LogP contribution in [0.3, 0.4) is 0 Å². The van der Waals surface area contributed by atoms with E-state index in [9.17, 15) is 23.8 Å². The fourth-order valence-electron chi connectivity index (χ4n) is 7.72. The molecule has 2 aliphatic heterocycles. The van der Waals surface area contributed by atoms with Gasteiger partial charge in [0.1, 0.15) is 42.4 Å². The van der Waals surface area contributed by atoms with E-state index in [1.54, 1.807) is 25.3 Å². The van der Waals surface area contributed by atoms with Gasteiger partial charge in [-0.3, -0.25) is 37.0 Å². The lowest BCUT2D eigenvalue weighted by atomic mass is 10.0. The van der Waals surface area contributed by atoms with Gasteiger partial charge in [0.15, 0.2) is 34.8 Å². The molecule has 57 heavy (non-hydrogen) atoms. The summed E-state index contributed by atoms with van der Waals surface area (Å²) in [6.45, 7) is -0.635. The van der Waals surface area contributed by atoms with E-state index in [1.807, 2.05) is 0 Å². The van der Waals surface area contributed by atoms with Gasteiger partial charge in [-0.05, 0) is 33.1 Å². The number of methoxy groups -OCH3 is 1. The number of imidazole rings is 2. The van der Waals surface area contributed by atoms with E-state index in [2.05, 4.69) is 29.9 Å². The first-order valence-corrected chi connectivity index (χ1v) is 22.3. The number of phosphoric acid groups is 1. The largest absolute Gasteiger partial charge is 0.509 e. The molecule has 11 atom stereocenters. The molecular formula is C30H40N10O14P2S. The Kier molecular flexibility index (Phi) is 10.6. The molecule has 4 aromatic rings. The van der Waals surface area contributed by atoms with Crippen LogP contribution in [0, 0.1) is 11.3 Å². The molecule has 1 spiro atoms. The number of fused-ring (bicyclic) bond motifs is 4. The Labute approximate surface area is 326 Å². The number of aliphatic hydroxyl groups is 1. The van der Waals surface area contributed by atoms with Gasteiger partial charge in [-0.1, -0.05) is 0 Å². The number of hydrogen-bond donors (Lipinski definition) is 4. The Morgan fingerprint density at radius 3 is 2.65 bits per heavy atom. The molecule has 0 amide bonds. The van der Waals surface area contributed by atoms with Gasteiger partial charge in [0, 0.05) is 23.9 Å². The Bertz CT molecular complexity index is 2330. The third-order valence-electron chi connectivity index (χ3n) is 10.2. The lowest BCUT2D eigenvalue weighted by Gasteiger charge is -2.32. The van der Waals surface area contributed by atoms with Crippen LogP contribution < -0.4 is 17.0 Å². The van der Waals surface area contributed by atoms with Gasteiger partial charge in [0.25, 0.3) is 5.56 Å². The standard InChI is InChI=1S/C30H40N10O14P2S/c1-5-48-55(44)50-8-30-6-14(30)18(39-10-35-16-23(31)33-9-34-24(16)39)19(41)22(30)54-56(45,57-12-47-29(43)51-13(2)3)49-7-15-20(46-4)21(53-55)27(52-15)40-11-36-17-25(40)37-28(32)38-26(17)42/h9-11,13-15,18-22,27,41H,5-8,12H2,1-4H3,(H2,31,33,34)(H3,32,37,38,42)/t14-,15-,18-,19+,20-,21-,22+,27-,30+,55+,56-/m1/s1. The normalized spacial score (nSPS) is 35.3. The molecule has 4 aromatic heterocycles. The van der Waals surface area contributed by atoms with Crippen LogP contribution in [-0.4, -0.2) is 120 Å². The molecule has 27 heteroatoms. The third kappa shape index (κ3) is 7.22. The molecule has 8 rings (SSSR count). The van der Waals surface area contributed by atoms with E-state index in [0.29, 0.717) is 29.0 Å². The molecule has 6 heterocycles. The molecular weight excluding hydrogens is 818 g/mol. The topological polar surface area (TPSA) is 314 Å². The number of anilines is 2. The monoisotopic (exact) mass is 858 g/mol. The summed E-state index contributed by atoms with van der Waals surface area (Å²) in [4.78, 5) is 48.4. The summed E-state index contributed by atoms with van der Waals surface area (Å²) in [5.74, 6) is -1.08. The van der Waals surface area contributed by atoms with Gasteiger partial charge in [0.05, 0.1) is 44.6 Å². The number of nitrogens with one attached hydrogen (secondary N) is 1. The van der Waals surface area contributed by atoms with Gasteiger partial charge in [0.2, 0.25) is 5.95 Å². The first-order chi connectivity index (χ1) is 27.2. The summed E-state index contributed by atoms with van der Waals surface area (Å²) in [5.41, 5.74) is 10.7. The van der Waals surface area contributed by atoms with Crippen LogP contribution in [-0.2, 0) is 50.7 Å². The van der Waals surface area contributed by atoms with Crippen LogP contribution >= 0.6 is 26.0 Å². The first kappa shape index (κ1) is 40.1. The molecule has 4 aliphatic rings. The Morgan fingerprint density at radius 1 is 1.12 bits per heavy atom. The molecule has 2 saturated heterocycles. The number of phosphoric ester groups is 1. The van der Waals surface area contributed by atoms with Crippen molar-refractivity contribution < 1.29 is 60.6 Å². The minimum Gasteiger partial charge on any atom is -0.432 e. The first-order valence-electron chi connectivity index (χ1n) is 17.7. The number of nitrogen functional groups attached to an aromatic ring is 2. The highest BCUT2D eigenvalue weighted by Gasteiger charge is 2.74. The van der Waals surface area contributed by atoms with E-state index in [-0.39, 0.29) is 36.1 Å². The van der Waals surface area contributed by atoms with Crippen LogP contribution in [0.4, 0.5) is 16.6 Å². The number of ether oxygens (including phenoxy) is 4. The van der Waals surface area contributed by atoms with Crippen LogP contribution in [0.1, 0.15) is 39.5 Å². The lowest BCUT2D eigenvalue weighted by Crippen LogP contribution is -2.38. The number of nitrogens with zero attached hydrogens (tertiary/aromatic N) is 7. The molecule has 6 N–H and O–H groups in total. The van der Waals surface area contributed by atoms with E-state index >= 15 is 0 Å². The second kappa shape index (κ2) is 15.1. The van der Waals surface area contributed by atoms with E-state index in [4.69, 9.17) is 53.0 Å². The number of nitrogens with two attached hydrogens (primary N) is 2. The molecule has 0 radical (unpaired) electrons. The van der Waals surface area contributed by atoms with Crippen LogP contribution in [0.25, 0.3) is 22.3 Å². The molecule has 2 aliphatic carbocycles. The van der Waals surface area contributed by atoms with E-state index < -0.39 is 99.1 Å². The minimum absolute atomic E-state index is 0.00197. The summed E-state index contributed by atoms with van der Waals surface area (Å²) in [7, 11) is -3.23. The summed E-state index contributed by atoms with van der Waals surface area (Å²) in [6, 6.07) is -0.784. The Hall–Kier alpha value is -3.74. The van der Waals surface area contributed by atoms with Crippen LogP contribution in [0.2, 0.25) is 0 Å². The van der Waals surface area contributed by atoms with Gasteiger partial charge in [-0.2, -0.15) is 4.98 Å². The van der Waals surface area contributed by atoms with Gasteiger partial charge in [-0.25, -0.2) is 33.9 Å². The number of rotatable bonds is 9. The zero-order chi connectivity index (χ0) is 40.4. The smallest absolute Gasteiger partial charge is 0.432 e. The van der Waals surface area contributed by atoms with Gasteiger partial charge in [-0.15, -0.1) is 0 Å². The number of hydrogen-bond acceptors (Lipinski definition) is 22. The Morgan fingerprint density at radius 2 is 1.89 bits per heavy atom. The van der Waals surface area contributed by atoms with Crippen LogP contribution in [0.15, 0.2) is 23.8 Å². The van der Waals surface area contributed by atoms with E-state index in [1.165, 1.54) is 30.7 Å². The van der Waals surface area contributed by atoms with Crippen molar-refractivity contribution in [2.75, 3.05) is 44.3 Å². The molecule has 2 bridgehead atoms. The quantitative estimate of drug-likeness (QED) is 0.107.